The Kier molecular flexibility index (Phi) is 4.49. The molecule has 0 spiro atoms. The summed E-state index contributed by atoms with van der Waals surface area (Å²) >= 11 is 0. The van der Waals surface area contributed by atoms with E-state index in [-0.39, 0.29) is 18.1 Å². The molecule has 0 saturated carbocycles. The van der Waals surface area contributed by atoms with E-state index < -0.39 is 21.9 Å². The van der Waals surface area contributed by atoms with E-state index in [4.69, 9.17) is 14.2 Å². The molecule has 0 radical (unpaired) electrons. The van der Waals surface area contributed by atoms with Crippen LogP contribution in [0.5, 0.6) is 11.5 Å². The normalized spacial score (nSPS) is 20.4. The van der Waals surface area contributed by atoms with Gasteiger partial charge in [-0.25, -0.2) is 13.2 Å². The SMILES string of the molecule is COc1cccc(OCC(=O)O[C@@H]2CCS(=O)(=O)C2)c1. The first-order chi connectivity index (χ1) is 9.48. The maximum absolute atomic E-state index is 11.6. The second kappa shape index (κ2) is 6.13. The topological polar surface area (TPSA) is 78.9 Å². The van der Waals surface area contributed by atoms with E-state index in [0.717, 1.165) is 0 Å². The Hall–Kier alpha value is -1.76. The van der Waals surface area contributed by atoms with Gasteiger partial charge in [-0.05, 0) is 18.6 Å². The lowest BCUT2D eigenvalue weighted by Crippen LogP contribution is -2.23. The van der Waals surface area contributed by atoms with Crippen LogP contribution in [0.4, 0.5) is 0 Å². The number of carbonyl (C=O) groups excluding carboxylic acids is 1. The Bertz CT molecular complexity index is 580. The summed E-state index contributed by atoms with van der Waals surface area (Å²) in [5.74, 6) is 0.507. The van der Waals surface area contributed by atoms with Crippen LogP contribution in [0.1, 0.15) is 6.42 Å². The number of esters is 1. The molecule has 1 atom stereocenters. The molecular weight excluding hydrogens is 284 g/mol. The van der Waals surface area contributed by atoms with Crippen LogP contribution in [0.3, 0.4) is 0 Å². The lowest BCUT2D eigenvalue weighted by molar-refractivity contribution is -0.150. The first kappa shape index (κ1) is 14.6. The molecule has 0 unspecified atom stereocenters. The molecule has 20 heavy (non-hydrogen) atoms. The van der Waals surface area contributed by atoms with E-state index in [9.17, 15) is 13.2 Å². The fourth-order valence-electron chi connectivity index (χ4n) is 1.91. The smallest absolute Gasteiger partial charge is 0.344 e. The zero-order chi connectivity index (χ0) is 14.6. The summed E-state index contributed by atoms with van der Waals surface area (Å²) in [6, 6.07) is 6.83. The summed E-state index contributed by atoms with van der Waals surface area (Å²) in [6.45, 7) is -0.260. The van der Waals surface area contributed by atoms with Crippen molar-refractivity contribution < 1.29 is 27.4 Å². The minimum atomic E-state index is -3.05. The van der Waals surface area contributed by atoms with Crippen molar-refractivity contribution in [3.05, 3.63) is 24.3 Å². The third-order valence-electron chi connectivity index (χ3n) is 2.89. The second-order valence-corrected chi connectivity index (χ2v) is 6.71. The van der Waals surface area contributed by atoms with Crippen LogP contribution >= 0.6 is 0 Å². The van der Waals surface area contributed by atoms with E-state index in [1.807, 2.05) is 0 Å². The molecule has 1 aromatic rings. The number of methoxy groups -OCH3 is 1. The van der Waals surface area contributed by atoms with Crippen LogP contribution < -0.4 is 9.47 Å². The van der Waals surface area contributed by atoms with Gasteiger partial charge in [-0.3, -0.25) is 0 Å². The Labute approximate surface area is 117 Å². The maximum Gasteiger partial charge on any atom is 0.344 e. The van der Waals surface area contributed by atoms with Crippen molar-refractivity contribution in [1.82, 2.24) is 0 Å². The fourth-order valence-corrected chi connectivity index (χ4v) is 3.50. The summed E-state index contributed by atoms with van der Waals surface area (Å²) in [5, 5.41) is 0. The van der Waals surface area contributed by atoms with Gasteiger partial charge in [0.2, 0.25) is 0 Å². The van der Waals surface area contributed by atoms with E-state index in [2.05, 4.69) is 0 Å². The summed E-state index contributed by atoms with van der Waals surface area (Å²) in [5.41, 5.74) is 0. The van der Waals surface area contributed by atoms with Crippen molar-refractivity contribution in [2.24, 2.45) is 0 Å². The van der Waals surface area contributed by atoms with Gasteiger partial charge in [0.1, 0.15) is 17.6 Å². The van der Waals surface area contributed by atoms with Crippen LogP contribution in [0.15, 0.2) is 24.3 Å². The number of hydrogen-bond donors (Lipinski definition) is 0. The molecule has 0 aromatic heterocycles. The molecule has 7 heteroatoms. The molecule has 1 fully saturated rings. The predicted octanol–water partition coefficient (Wildman–Crippen LogP) is 0.804. The molecule has 0 N–H and O–H groups in total. The largest absolute Gasteiger partial charge is 0.497 e. The van der Waals surface area contributed by atoms with E-state index in [1.54, 1.807) is 24.3 Å². The summed E-state index contributed by atoms with van der Waals surface area (Å²) in [6.07, 6.45) is -0.200. The summed E-state index contributed by atoms with van der Waals surface area (Å²) in [7, 11) is -1.52. The number of ether oxygens (including phenoxy) is 3. The molecule has 0 bridgehead atoms. The summed E-state index contributed by atoms with van der Waals surface area (Å²) < 4.78 is 37.8. The molecule has 1 saturated heterocycles. The molecule has 1 aromatic carbocycles. The Morgan fingerprint density at radius 2 is 2.10 bits per heavy atom. The first-order valence-corrected chi connectivity index (χ1v) is 7.97. The van der Waals surface area contributed by atoms with Gasteiger partial charge in [-0.15, -0.1) is 0 Å². The fraction of sp³-hybridized carbons (Fsp3) is 0.462. The number of rotatable bonds is 5. The van der Waals surface area contributed by atoms with Crippen molar-refractivity contribution in [3.8, 4) is 11.5 Å². The summed E-state index contributed by atoms with van der Waals surface area (Å²) in [4.78, 5) is 11.6. The molecule has 110 valence electrons. The van der Waals surface area contributed by atoms with Gasteiger partial charge in [0, 0.05) is 6.07 Å². The Morgan fingerprint density at radius 1 is 1.35 bits per heavy atom. The second-order valence-electron chi connectivity index (χ2n) is 4.48. The molecule has 1 aliphatic rings. The quantitative estimate of drug-likeness (QED) is 0.749. The lowest BCUT2D eigenvalue weighted by atomic mass is 10.3. The predicted molar refractivity (Wildman–Crippen MR) is 71.6 cm³/mol. The van der Waals surface area contributed by atoms with Crippen LogP contribution in [0, 0.1) is 0 Å². The zero-order valence-corrected chi connectivity index (χ0v) is 11.9. The highest BCUT2D eigenvalue weighted by atomic mass is 32.2. The van der Waals surface area contributed by atoms with Gasteiger partial charge in [-0.1, -0.05) is 6.07 Å². The monoisotopic (exact) mass is 300 g/mol. The Morgan fingerprint density at radius 3 is 2.75 bits per heavy atom. The molecule has 1 aliphatic heterocycles. The number of carbonyl (C=O) groups is 1. The van der Waals surface area contributed by atoms with E-state index in [0.29, 0.717) is 17.9 Å². The van der Waals surface area contributed by atoms with Crippen molar-refractivity contribution in [1.29, 1.82) is 0 Å². The van der Waals surface area contributed by atoms with Crippen molar-refractivity contribution in [3.63, 3.8) is 0 Å². The van der Waals surface area contributed by atoms with E-state index in [1.165, 1.54) is 7.11 Å². The first-order valence-electron chi connectivity index (χ1n) is 6.15. The average Bonchev–Trinajstić information content (AvgIpc) is 2.76. The number of sulfone groups is 1. The third-order valence-corrected chi connectivity index (χ3v) is 4.62. The minimum absolute atomic E-state index is 0.0711. The molecule has 6 nitrogen and oxygen atoms in total. The van der Waals surface area contributed by atoms with Crippen LogP contribution in [-0.2, 0) is 19.4 Å². The van der Waals surface area contributed by atoms with Crippen molar-refractivity contribution in [2.45, 2.75) is 12.5 Å². The molecule has 2 rings (SSSR count). The third kappa shape index (κ3) is 4.12. The molecule has 1 heterocycles. The van der Waals surface area contributed by atoms with Gasteiger partial charge >= 0.3 is 5.97 Å². The molecule has 0 amide bonds. The van der Waals surface area contributed by atoms with Crippen molar-refractivity contribution in [2.75, 3.05) is 25.2 Å². The Balaban J connectivity index is 1.80. The number of hydrogen-bond acceptors (Lipinski definition) is 6. The lowest BCUT2D eigenvalue weighted by Gasteiger charge is -2.11. The average molecular weight is 300 g/mol. The highest BCUT2D eigenvalue weighted by Gasteiger charge is 2.30. The maximum atomic E-state index is 11.6. The molecule has 0 aliphatic carbocycles. The van der Waals surface area contributed by atoms with Crippen LogP contribution in [-0.4, -0.2) is 45.7 Å². The van der Waals surface area contributed by atoms with Crippen LogP contribution in [0.25, 0.3) is 0 Å². The van der Waals surface area contributed by atoms with Gasteiger partial charge in [0.05, 0.1) is 18.6 Å². The van der Waals surface area contributed by atoms with Gasteiger partial charge in [0.25, 0.3) is 0 Å². The minimum Gasteiger partial charge on any atom is -0.497 e. The number of benzene rings is 1. The van der Waals surface area contributed by atoms with Gasteiger partial charge < -0.3 is 14.2 Å². The highest BCUT2D eigenvalue weighted by molar-refractivity contribution is 7.91. The van der Waals surface area contributed by atoms with Gasteiger partial charge in [-0.2, -0.15) is 0 Å². The zero-order valence-electron chi connectivity index (χ0n) is 11.1. The van der Waals surface area contributed by atoms with E-state index >= 15 is 0 Å². The highest BCUT2D eigenvalue weighted by Crippen LogP contribution is 2.19. The standard InChI is InChI=1S/C13H16O6S/c1-17-10-3-2-4-11(7-10)18-8-13(14)19-12-5-6-20(15,16)9-12/h2-4,7,12H,5-6,8-9H2,1H3/t12-/m1/s1. The molecular formula is C13H16O6S. The van der Waals surface area contributed by atoms with Crippen molar-refractivity contribution >= 4 is 15.8 Å². The van der Waals surface area contributed by atoms with Crippen LogP contribution in [0.2, 0.25) is 0 Å². The van der Waals surface area contributed by atoms with Gasteiger partial charge in [0.15, 0.2) is 16.4 Å².